The Bertz CT molecular complexity index is 345. The van der Waals surface area contributed by atoms with Gasteiger partial charge in [-0.25, -0.2) is 0 Å². The number of likely N-dealkylation sites (tertiary alicyclic amines) is 1. The van der Waals surface area contributed by atoms with Crippen molar-refractivity contribution in [2.75, 3.05) is 19.6 Å². The minimum absolute atomic E-state index is 0.0512. The number of nitrogens with two attached hydrogens (primary N) is 1. The van der Waals surface area contributed by atoms with Crippen LogP contribution in [0.1, 0.15) is 19.8 Å². The molecule has 0 saturated carbocycles. The number of hydrogen-bond acceptors (Lipinski definition) is 4. The SMILES string of the molecule is CC(=O)N1CCCC(C(=O)NCC(O)C(N)=O)C1. The summed E-state index contributed by atoms with van der Waals surface area (Å²) in [5.74, 6) is -1.47. The highest BCUT2D eigenvalue weighted by Crippen LogP contribution is 2.16. The van der Waals surface area contributed by atoms with E-state index < -0.39 is 12.0 Å². The Morgan fingerprint density at radius 2 is 2.17 bits per heavy atom. The molecule has 0 spiro atoms. The number of nitrogens with zero attached hydrogens (tertiary/aromatic N) is 1. The van der Waals surface area contributed by atoms with E-state index in [0.717, 1.165) is 6.42 Å². The summed E-state index contributed by atoms with van der Waals surface area (Å²) in [7, 11) is 0. The molecule has 0 aromatic heterocycles. The van der Waals surface area contributed by atoms with Crippen molar-refractivity contribution in [3.8, 4) is 0 Å². The Morgan fingerprint density at radius 1 is 1.50 bits per heavy atom. The van der Waals surface area contributed by atoms with Crippen LogP contribution in [-0.2, 0) is 14.4 Å². The molecule has 3 amide bonds. The van der Waals surface area contributed by atoms with E-state index in [9.17, 15) is 14.4 Å². The van der Waals surface area contributed by atoms with Crippen LogP contribution in [0.3, 0.4) is 0 Å². The first-order chi connectivity index (χ1) is 8.41. The second kappa shape index (κ2) is 6.34. The number of aliphatic hydroxyl groups excluding tert-OH is 1. The molecule has 0 aromatic carbocycles. The maximum absolute atomic E-state index is 11.8. The van der Waals surface area contributed by atoms with Crippen LogP contribution in [0.2, 0.25) is 0 Å². The number of carbonyl (C=O) groups is 3. The van der Waals surface area contributed by atoms with Crippen molar-refractivity contribution < 1.29 is 19.5 Å². The molecule has 2 unspecified atom stereocenters. The number of rotatable bonds is 4. The summed E-state index contributed by atoms with van der Waals surface area (Å²) in [6.07, 6.45) is 0.0969. The Labute approximate surface area is 105 Å². The summed E-state index contributed by atoms with van der Waals surface area (Å²) < 4.78 is 0. The van der Waals surface area contributed by atoms with Crippen LogP contribution in [0.4, 0.5) is 0 Å². The fourth-order valence-electron chi connectivity index (χ4n) is 1.92. The lowest BCUT2D eigenvalue weighted by atomic mass is 9.97. The summed E-state index contributed by atoms with van der Waals surface area (Å²) in [6, 6.07) is 0. The molecule has 0 aromatic rings. The minimum Gasteiger partial charge on any atom is -0.381 e. The molecular formula is C11H19N3O4. The standard InChI is InChI=1S/C11H19N3O4/c1-7(15)14-4-2-3-8(6-14)11(18)13-5-9(16)10(12)17/h8-9,16H,2-6H2,1H3,(H2,12,17)(H,13,18). The van der Waals surface area contributed by atoms with Gasteiger partial charge in [0.1, 0.15) is 6.10 Å². The first-order valence-corrected chi connectivity index (χ1v) is 5.92. The highest BCUT2D eigenvalue weighted by atomic mass is 16.3. The number of nitrogens with one attached hydrogen (secondary N) is 1. The van der Waals surface area contributed by atoms with E-state index in [1.54, 1.807) is 4.90 Å². The quantitative estimate of drug-likeness (QED) is 0.552. The zero-order valence-corrected chi connectivity index (χ0v) is 10.4. The van der Waals surface area contributed by atoms with Gasteiger partial charge in [0.05, 0.1) is 12.5 Å². The average molecular weight is 257 g/mol. The fraction of sp³-hybridized carbons (Fsp3) is 0.727. The third kappa shape index (κ3) is 3.99. The summed E-state index contributed by atoms with van der Waals surface area (Å²) in [6.45, 7) is 2.33. The molecular weight excluding hydrogens is 238 g/mol. The Balaban J connectivity index is 2.42. The van der Waals surface area contributed by atoms with Gasteiger partial charge in [0.25, 0.3) is 0 Å². The number of hydrogen-bond donors (Lipinski definition) is 3. The van der Waals surface area contributed by atoms with E-state index in [4.69, 9.17) is 10.8 Å². The Morgan fingerprint density at radius 3 is 2.72 bits per heavy atom. The van der Waals surface area contributed by atoms with Gasteiger partial charge in [-0.2, -0.15) is 0 Å². The van der Waals surface area contributed by atoms with E-state index in [1.165, 1.54) is 6.92 Å². The molecule has 0 radical (unpaired) electrons. The molecule has 1 rings (SSSR count). The molecule has 2 atom stereocenters. The monoisotopic (exact) mass is 257 g/mol. The lowest BCUT2D eigenvalue weighted by Crippen LogP contribution is -2.47. The van der Waals surface area contributed by atoms with E-state index in [0.29, 0.717) is 19.5 Å². The summed E-state index contributed by atoms with van der Waals surface area (Å²) >= 11 is 0. The smallest absolute Gasteiger partial charge is 0.248 e. The van der Waals surface area contributed by atoms with Crippen LogP contribution in [0.5, 0.6) is 0 Å². The van der Waals surface area contributed by atoms with Gasteiger partial charge in [-0.1, -0.05) is 0 Å². The molecule has 7 nitrogen and oxygen atoms in total. The predicted molar refractivity (Wildman–Crippen MR) is 63.2 cm³/mol. The van der Waals surface area contributed by atoms with Gasteiger partial charge in [0.2, 0.25) is 17.7 Å². The van der Waals surface area contributed by atoms with Crippen molar-refractivity contribution in [1.82, 2.24) is 10.2 Å². The van der Waals surface area contributed by atoms with E-state index >= 15 is 0 Å². The maximum Gasteiger partial charge on any atom is 0.248 e. The average Bonchev–Trinajstić information content (AvgIpc) is 2.35. The number of primary amides is 1. The summed E-state index contributed by atoms with van der Waals surface area (Å²) in [5.41, 5.74) is 4.87. The molecule has 0 bridgehead atoms. The zero-order chi connectivity index (χ0) is 13.7. The second-order valence-electron chi connectivity index (χ2n) is 4.47. The predicted octanol–water partition coefficient (Wildman–Crippen LogP) is -1.79. The lowest BCUT2D eigenvalue weighted by Gasteiger charge is -2.31. The largest absolute Gasteiger partial charge is 0.381 e. The zero-order valence-electron chi connectivity index (χ0n) is 10.4. The number of piperidine rings is 1. The molecule has 1 saturated heterocycles. The molecule has 7 heteroatoms. The highest BCUT2D eigenvalue weighted by molar-refractivity contribution is 5.82. The number of aliphatic hydroxyl groups is 1. The summed E-state index contributed by atoms with van der Waals surface area (Å²) in [5, 5.41) is 11.6. The van der Waals surface area contributed by atoms with Crippen LogP contribution in [0, 0.1) is 5.92 Å². The van der Waals surface area contributed by atoms with Gasteiger partial charge in [-0.15, -0.1) is 0 Å². The number of amides is 3. The van der Waals surface area contributed by atoms with Crippen molar-refractivity contribution in [2.24, 2.45) is 11.7 Å². The normalized spacial score (nSPS) is 21.2. The molecule has 1 aliphatic rings. The second-order valence-corrected chi connectivity index (χ2v) is 4.47. The van der Waals surface area contributed by atoms with Crippen LogP contribution in [0.15, 0.2) is 0 Å². The van der Waals surface area contributed by atoms with Gasteiger partial charge in [-0.05, 0) is 12.8 Å². The molecule has 0 aliphatic carbocycles. The first kappa shape index (κ1) is 14.4. The number of carbonyl (C=O) groups excluding carboxylic acids is 3. The summed E-state index contributed by atoms with van der Waals surface area (Å²) in [4.78, 5) is 35.2. The maximum atomic E-state index is 11.8. The molecule has 4 N–H and O–H groups in total. The molecule has 18 heavy (non-hydrogen) atoms. The fourth-order valence-corrected chi connectivity index (χ4v) is 1.92. The van der Waals surface area contributed by atoms with Crippen LogP contribution < -0.4 is 11.1 Å². The van der Waals surface area contributed by atoms with Crippen LogP contribution in [-0.4, -0.2) is 53.5 Å². The topological polar surface area (TPSA) is 113 Å². The molecule has 1 heterocycles. The van der Waals surface area contributed by atoms with Gasteiger partial charge in [0, 0.05) is 20.0 Å². The van der Waals surface area contributed by atoms with E-state index in [1.807, 2.05) is 0 Å². The first-order valence-electron chi connectivity index (χ1n) is 5.92. The Hall–Kier alpha value is -1.63. The third-order valence-electron chi connectivity index (χ3n) is 3.04. The van der Waals surface area contributed by atoms with Crippen molar-refractivity contribution in [3.63, 3.8) is 0 Å². The van der Waals surface area contributed by atoms with E-state index in [-0.39, 0.29) is 24.3 Å². The molecule has 1 fully saturated rings. The van der Waals surface area contributed by atoms with Gasteiger partial charge in [-0.3, -0.25) is 14.4 Å². The van der Waals surface area contributed by atoms with Crippen molar-refractivity contribution >= 4 is 17.7 Å². The molecule has 1 aliphatic heterocycles. The van der Waals surface area contributed by atoms with Crippen molar-refractivity contribution in [3.05, 3.63) is 0 Å². The Kier molecular flexibility index (Phi) is 5.08. The highest BCUT2D eigenvalue weighted by Gasteiger charge is 2.27. The van der Waals surface area contributed by atoms with Gasteiger partial charge in [0.15, 0.2) is 0 Å². The van der Waals surface area contributed by atoms with E-state index in [2.05, 4.69) is 5.32 Å². The van der Waals surface area contributed by atoms with Crippen molar-refractivity contribution in [1.29, 1.82) is 0 Å². The van der Waals surface area contributed by atoms with Crippen LogP contribution in [0.25, 0.3) is 0 Å². The van der Waals surface area contributed by atoms with Gasteiger partial charge >= 0.3 is 0 Å². The third-order valence-corrected chi connectivity index (χ3v) is 3.04. The van der Waals surface area contributed by atoms with Crippen molar-refractivity contribution in [2.45, 2.75) is 25.9 Å². The lowest BCUT2D eigenvalue weighted by molar-refractivity contribution is -0.134. The minimum atomic E-state index is -1.37. The van der Waals surface area contributed by atoms with Gasteiger partial charge < -0.3 is 21.1 Å². The van der Waals surface area contributed by atoms with Crippen LogP contribution >= 0.6 is 0 Å². The molecule has 102 valence electrons.